The summed E-state index contributed by atoms with van der Waals surface area (Å²) >= 11 is 5.98. The van der Waals surface area contributed by atoms with Gasteiger partial charge in [0.05, 0.1) is 22.4 Å². The number of aliphatic hydroxyl groups is 1. The van der Waals surface area contributed by atoms with E-state index in [1.165, 1.54) is 24.3 Å². The monoisotopic (exact) mass is 667 g/mol. The third-order valence-electron chi connectivity index (χ3n) is 8.88. The van der Waals surface area contributed by atoms with Gasteiger partial charge in [-0.1, -0.05) is 97.5 Å². The molecule has 1 heterocycles. The molecule has 0 bridgehead atoms. The van der Waals surface area contributed by atoms with Gasteiger partial charge in [-0.05, 0) is 89.0 Å². The average Bonchev–Trinajstić information content (AvgIpc) is 3.40. The van der Waals surface area contributed by atoms with Crippen molar-refractivity contribution in [2.24, 2.45) is 5.92 Å². The molecule has 4 N–H and O–H groups in total. The van der Waals surface area contributed by atoms with Crippen molar-refractivity contribution in [3.8, 4) is 28.0 Å². The second-order valence-corrected chi connectivity index (χ2v) is 14.0. The van der Waals surface area contributed by atoms with E-state index in [0.29, 0.717) is 36.0 Å². The molecule has 0 aromatic heterocycles. The zero-order valence-corrected chi connectivity index (χ0v) is 27.2. The summed E-state index contributed by atoms with van der Waals surface area (Å²) in [7, 11) is -4.36. The van der Waals surface area contributed by atoms with Crippen molar-refractivity contribution in [3.63, 3.8) is 0 Å². The highest BCUT2D eigenvalue weighted by atomic mass is 32.1. The molecule has 1 fully saturated rings. The van der Waals surface area contributed by atoms with Crippen LogP contribution in [0.2, 0.25) is 0 Å². The maximum atomic E-state index is 13.4. The fraction of sp³-hybridized carbons (Fsp3) is 0.184. The third-order valence-corrected chi connectivity index (χ3v) is 10.2. The van der Waals surface area contributed by atoms with E-state index in [1.54, 1.807) is 30.3 Å². The van der Waals surface area contributed by atoms with Gasteiger partial charge < -0.3 is 24.9 Å². The number of aliphatic hydroxyl groups excluding tert-OH is 1. The van der Waals surface area contributed by atoms with Crippen molar-refractivity contribution in [2.45, 2.75) is 37.8 Å². The van der Waals surface area contributed by atoms with Crippen molar-refractivity contribution in [1.82, 2.24) is 0 Å². The molecule has 6 nitrogen and oxygen atoms in total. The summed E-state index contributed by atoms with van der Waals surface area (Å²) in [5.41, 5.74) is 5.93. The normalized spacial score (nSPS) is 17.2. The number of nitrogens with zero attached hydrogens (tertiary/aromatic N) is 1. The zero-order valence-electron chi connectivity index (χ0n) is 25.5. The minimum Gasteiger partial charge on any atom is -0.508 e. The summed E-state index contributed by atoms with van der Waals surface area (Å²) in [6.45, 7) is 0. The van der Waals surface area contributed by atoms with Crippen LogP contribution in [0.15, 0.2) is 121 Å². The summed E-state index contributed by atoms with van der Waals surface area (Å²) in [5, 5.41) is 22.2. The lowest BCUT2D eigenvalue weighted by Crippen LogP contribution is -2.28. The number of rotatable bonds is 10. The van der Waals surface area contributed by atoms with Crippen LogP contribution in [-0.4, -0.2) is 25.0 Å². The van der Waals surface area contributed by atoms with Crippen LogP contribution in [0.1, 0.15) is 49.0 Å². The Balaban J connectivity index is 1.29. The van der Waals surface area contributed by atoms with Gasteiger partial charge >= 0.3 is 7.60 Å². The molecule has 47 heavy (non-hydrogen) atoms. The molecular formula is C38H35FNO5PS. The van der Waals surface area contributed by atoms with Crippen LogP contribution < -0.4 is 10.2 Å². The van der Waals surface area contributed by atoms with Gasteiger partial charge in [0.2, 0.25) is 0 Å². The Hall–Kier alpha value is -4.17. The minimum atomic E-state index is -4.36. The van der Waals surface area contributed by atoms with E-state index in [-0.39, 0.29) is 28.8 Å². The first-order valence-electron chi connectivity index (χ1n) is 15.5. The van der Waals surface area contributed by atoms with Crippen LogP contribution >= 0.6 is 19.8 Å². The maximum absolute atomic E-state index is 13.4. The fourth-order valence-corrected chi connectivity index (χ4v) is 7.42. The van der Waals surface area contributed by atoms with Crippen molar-refractivity contribution in [3.05, 3.63) is 138 Å². The highest BCUT2D eigenvalue weighted by molar-refractivity contribution is 7.80. The van der Waals surface area contributed by atoms with E-state index in [2.05, 4.69) is 41.3 Å². The van der Waals surface area contributed by atoms with E-state index in [0.717, 1.165) is 33.8 Å². The molecule has 3 unspecified atom stereocenters. The van der Waals surface area contributed by atoms with Crippen LogP contribution in [0.3, 0.4) is 0 Å². The zero-order chi connectivity index (χ0) is 33.1. The van der Waals surface area contributed by atoms with Crippen LogP contribution in [-0.2, 0) is 4.57 Å². The van der Waals surface area contributed by atoms with E-state index < -0.39 is 13.7 Å². The summed E-state index contributed by atoms with van der Waals surface area (Å²) in [5.74, 6) is -0.196. The smallest absolute Gasteiger partial charge is 0.356 e. The van der Waals surface area contributed by atoms with Crippen LogP contribution in [0.5, 0.6) is 5.75 Å². The predicted octanol–water partition coefficient (Wildman–Crippen LogP) is 8.47. The van der Waals surface area contributed by atoms with Gasteiger partial charge in [0.15, 0.2) is 0 Å². The number of phenols is 1. The van der Waals surface area contributed by atoms with Crippen molar-refractivity contribution in [2.75, 3.05) is 4.90 Å². The molecule has 0 spiro atoms. The highest BCUT2D eigenvalue weighted by Gasteiger charge is 2.40. The van der Waals surface area contributed by atoms with Gasteiger partial charge in [-0.2, -0.15) is 0 Å². The van der Waals surface area contributed by atoms with E-state index >= 15 is 0 Å². The van der Waals surface area contributed by atoms with E-state index in [4.69, 9.17) is 12.2 Å². The number of hydrogen-bond donors (Lipinski definition) is 4. The van der Waals surface area contributed by atoms with Gasteiger partial charge in [0.25, 0.3) is 0 Å². The summed E-state index contributed by atoms with van der Waals surface area (Å²) < 4.78 is 25.0. The molecule has 0 radical (unpaired) electrons. The Morgan fingerprint density at radius 1 is 0.809 bits per heavy atom. The molecule has 9 heteroatoms. The second kappa shape index (κ2) is 13.9. The van der Waals surface area contributed by atoms with Gasteiger partial charge in [-0.25, -0.2) is 4.39 Å². The Morgan fingerprint density at radius 2 is 1.40 bits per heavy atom. The molecular weight excluding hydrogens is 632 g/mol. The van der Waals surface area contributed by atoms with Gasteiger partial charge in [0.1, 0.15) is 11.6 Å². The molecule has 0 amide bonds. The third kappa shape index (κ3) is 7.38. The number of halogens is 1. The van der Waals surface area contributed by atoms with Crippen LogP contribution in [0, 0.1) is 11.7 Å². The molecule has 0 aliphatic carbocycles. The van der Waals surface area contributed by atoms with Crippen molar-refractivity contribution < 1.29 is 29.0 Å². The maximum Gasteiger partial charge on any atom is 0.356 e. The molecule has 1 aliphatic rings. The molecule has 0 saturated carbocycles. The lowest BCUT2D eigenvalue weighted by Gasteiger charge is -2.31. The standard InChI is InChI=1S/C38H35FNO5PS/c39-31-16-9-28(10-17-31)35(41)8-4-7-30-24-37(47)40(32-18-11-26(12-19-32)25-5-2-1-3-6-25)38(30)34-22-15-29(23-36(34)42)27-13-20-33(21-14-27)46(43,44)45/h1-3,5-6,9-23,30,35,38,41-42H,4,7-8,24H2,(H2,43,44,45). The molecule has 6 rings (SSSR count). The summed E-state index contributed by atoms with van der Waals surface area (Å²) in [4.78, 5) is 21.8. The SMILES string of the molecule is O=P(O)(O)c1ccc(-c2ccc(C3C(CCCC(O)c4ccc(F)cc4)CC(=S)N3c3ccc(-c4ccccc4)cc3)c(O)c2)cc1. The molecule has 3 atom stereocenters. The molecule has 5 aromatic rings. The number of hydrogen-bond acceptors (Lipinski definition) is 4. The number of anilines is 1. The predicted molar refractivity (Wildman–Crippen MR) is 188 cm³/mol. The Morgan fingerprint density at radius 3 is 2.04 bits per heavy atom. The highest BCUT2D eigenvalue weighted by Crippen LogP contribution is 2.47. The number of aromatic hydroxyl groups is 1. The Bertz CT molecular complexity index is 1900. The lowest BCUT2D eigenvalue weighted by atomic mass is 9.87. The number of phenolic OH excluding ortho intramolecular Hbond substituents is 1. The van der Waals surface area contributed by atoms with Crippen LogP contribution in [0.25, 0.3) is 22.3 Å². The fourth-order valence-electron chi connectivity index (χ4n) is 6.45. The minimum absolute atomic E-state index is 0.0519. The number of thiocarbonyl (C=S) groups is 1. The first-order valence-corrected chi connectivity index (χ1v) is 17.5. The first kappa shape index (κ1) is 32.8. The van der Waals surface area contributed by atoms with Crippen LogP contribution in [0.4, 0.5) is 10.1 Å². The Labute approximate surface area is 278 Å². The average molecular weight is 668 g/mol. The van der Waals surface area contributed by atoms with Gasteiger partial charge in [0, 0.05) is 17.7 Å². The molecule has 240 valence electrons. The largest absolute Gasteiger partial charge is 0.508 e. The van der Waals surface area contributed by atoms with Crippen molar-refractivity contribution in [1.29, 1.82) is 0 Å². The number of benzene rings is 5. The van der Waals surface area contributed by atoms with E-state index in [9.17, 15) is 29.0 Å². The quantitative estimate of drug-likeness (QED) is 0.0876. The summed E-state index contributed by atoms with van der Waals surface area (Å²) in [6, 6.07) is 35.5. The van der Waals surface area contributed by atoms with Gasteiger partial charge in [-0.3, -0.25) is 4.57 Å². The molecule has 1 saturated heterocycles. The summed E-state index contributed by atoms with van der Waals surface area (Å²) in [6.07, 6.45) is 1.87. The van der Waals surface area contributed by atoms with Crippen molar-refractivity contribution >= 4 is 35.8 Å². The molecule has 5 aromatic carbocycles. The second-order valence-electron chi connectivity index (χ2n) is 11.9. The first-order chi connectivity index (χ1) is 22.6. The van der Waals surface area contributed by atoms with E-state index in [1.807, 2.05) is 30.3 Å². The topological polar surface area (TPSA) is 101 Å². The molecule has 1 aliphatic heterocycles. The Kier molecular flexibility index (Phi) is 9.69. The van der Waals surface area contributed by atoms with Gasteiger partial charge in [-0.15, -0.1) is 0 Å². The lowest BCUT2D eigenvalue weighted by molar-refractivity contribution is 0.160.